The van der Waals surface area contributed by atoms with Crippen molar-refractivity contribution in [2.75, 3.05) is 13.6 Å². The van der Waals surface area contributed by atoms with E-state index in [1.807, 2.05) is 7.05 Å². The monoisotopic (exact) mass is 281 g/mol. The first kappa shape index (κ1) is 15.8. The average Bonchev–Trinajstić information content (AvgIpc) is 2.51. The van der Waals surface area contributed by atoms with E-state index in [1.54, 1.807) is 0 Å². The van der Waals surface area contributed by atoms with Gasteiger partial charge >= 0.3 is 0 Å². The Hall–Kier alpha value is -1.60. The molecule has 0 heterocycles. The minimum Gasteiger partial charge on any atom is -0.320 e. The van der Waals surface area contributed by atoms with E-state index in [9.17, 15) is 0 Å². The summed E-state index contributed by atoms with van der Waals surface area (Å²) in [6.07, 6.45) is 2.23. The Morgan fingerprint density at radius 3 is 2.14 bits per heavy atom. The highest BCUT2D eigenvalue weighted by Gasteiger charge is 2.14. The third-order valence-electron chi connectivity index (χ3n) is 4.41. The lowest BCUT2D eigenvalue weighted by atomic mass is 9.86. The van der Waals surface area contributed by atoms with Crippen molar-refractivity contribution in [3.63, 3.8) is 0 Å². The van der Waals surface area contributed by atoms with Crippen LogP contribution in [0.3, 0.4) is 0 Å². The first-order valence-electron chi connectivity index (χ1n) is 7.96. The molecule has 0 aliphatic carbocycles. The van der Waals surface area contributed by atoms with Crippen LogP contribution in [0.5, 0.6) is 0 Å². The fraction of sp³-hybridized carbons (Fsp3) is 0.400. The Bertz CT molecular complexity index is 569. The van der Waals surface area contributed by atoms with Crippen LogP contribution in [-0.4, -0.2) is 13.6 Å². The number of aryl methyl sites for hydroxylation is 3. The predicted molar refractivity (Wildman–Crippen MR) is 92.1 cm³/mol. The van der Waals surface area contributed by atoms with Crippen LogP contribution in [0.1, 0.15) is 47.1 Å². The molecule has 0 aromatic heterocycles. The maximum absolute atomic E-state index is 3.29. The largest absolute Gasteiger partial charge is 0.320 e. The van der Waals surface area contributed by atoms with Crippen LogP contribution in [0.2, 0.25) is 0 Å². The summed E-state index contributed by atoms with van der Waals surface area (Å²) in [4.78, 5) is 0. The lowest BCUT2D eigenvalue weighted by Gasteiger charge is -2.19. The topological polar surface area (TPSA) is 12.0 Å². The standard InChI is InChI=1S/C20H27N/c1-5-17-7-10-18(11-8-17)20(12-13-21-4)19-9-6-15(2)16(3)14-19/h6-11,14,20-21H,5,12-13H2,1-4H3. The zero-order valence-corrected chi connectivity index (χ0v) is 13.7. The van der Waals surface area contributed by atoms with Crippen molar-refractivity contribution in [3.05, 3.63) is 70.3 Å². The molecule has 2 aromatic carbocycles. The van der Waals surface area contributed by atoms with Crippen LogP contribution < -0.4 is 5.32 Å². The summed E-state index contributed by atoms with van der Waals surface area (Å²) >= 11 is 0. The van der Waals surface area contributed by atoms with Gasteiger partial charge in [0.2, 0.25) is 0 Å². The maximum atomic E-state index is 3.29. The van der Waals surface area contributed by atoms with Crippen LogP contribution in [0.4, 0.5) is 0 Å². The fourth-order valence-electron chi connectivity index (χ4n) is 2.78. The molecule has 0 spiro atoms. The highest BCUT2D eigenvalue weighted by molar-refractivity contribution is 5.38. The summed E-state index contributed by atoms with van der Waals surface area (Å²) in [6.45, 7) is 7.62. The summed E-state index contributed by atoms with van der Waals surface area (Å²) in [7, 11) is 2.03. The second kappa shape index (κ2) is 7.42. The highest BCUT2D eigenvalue weighted by Crippen LogP contribution is 2.29. The Kier molecular flexibility index (Phi) is 5.58. The molecule has 0 saturated carbocycles. The van der Waals surface area contributed by atoms with Gasteiger partial charge in [0.25, 0.3) is 0 Å². The average molecular weight is 281 g/mol. The maximum Gasteiger partial charge on any atom is 0.0101 e. The summed E-state index contributed by atoms with van der Waals surface area (Å²) in [6, 6.07) is 16.0. The van der Waals surface area contributed by atoms with E-state index in [4.69, 9.17) is 0 Å². The Labute approximate surface area is 129 Å². The van der Waals surface area contributed by atoms with Gasteiger partial charge in [-0.25, -0.2) is 0 Å². The van der Waals surface area contributed by atoms with Crippen molar-refractivity contribution in [1.29, 1.82) is 0 Å². The number of hydrogen-bond donors (Lipinski definition) is 1. The molecular weight excluding hydrogens is 254 g/mol. The summed E-state index contributed by atoms with van der Waals surface area (Å²) < 4.78 is 0. The van der Waals surface area contributed by atoms with Gasteiger partial charge < -0.3 is 5.32 Å². The van der Waals surface area contributed by atoms with Crippen LogP contribution in [0.15, 0.2) is 42.5 Å². The summed E-state index contributed by atoms with van der Waals surface area (Å²) in [5.74, 6) is 0.475. The van der Waals surface area contributed by atoms with Gasteiger partial charge in [0, 0.05) is 5.92 Å². The molecule has 0 saturated heterocycles. The SMILES string of the molecule is CCc1ccc(C(CCNC)c2ccc(C)c(C)c2)cc1. The molecule has 0 bridgehead atoms. The molecule has 1 heteroatoms. The van der Waals surface area contributed by atoms with Gasteiger partial charge in [-0.3, -0.25) is 0 Å². The molecule has 1 unspecified atom stereocenters. The van der Waals surface area contributed by atoms with E-state index in [0.717, 1.165) is 19.4 Å². The molecule has 1 atom stereocenters. The zero-order valence-electron chi connectivity index (χ0n) is 13.7. The Balaban J connectivity index is 2.33. The van der Waals surface area contributed by atoms with Gasteiger partial charge in [-0.15, -0.1) is 0 Å². The quantitative estimate of drug-likeness (QED) is 0.815. The summed E-state index contributed by atoms with van der Waals surface area (Å²) in [5, 5.41) is 3.29. The summed E-state index contributed by atoms with van der Waals surface area (Å²) in [5.41, 5.74) is 7.01. The van der Waals surface area contributed by atoms with Crippen molar-refractivity contribution >= 4 is 0 Å². The number of rotatable bonds is 6. The molecule has 0 aliphatic rings. The van der Waals surface area contributed by atoms with E-state index in [-0.39, 0.29) is 0 Å². The van der Waals surface area contributed by atoms with E-state index in [2.05, 4.69) is 68.6 Å². The van der Waals surface area contributed by atoms with E-state index in [1.165, 1.54) is 27.8 Å². The van der Waals surface area contributed by atoms with Gasteiger partial charge in [0.1, 0.15) is 0 Å². The molecule has 0 aliphatic heterocycles. The normalized spacial score (nSPS) is 12.4. The van der Waals surface area contributed by atoms with Crippen LogP contribution in [0, 0.1) is 13.8 Å². The van der Waals surface area contributed by atoms with Crippen LogP contribution >= 0.6 is 0 Å². The van der Waals surface area contributed by atoms with Crippen molar-refractivity contribution in [3.8, 4) is 0 Å². The molecule has 1 nitrogen and oxygen atoms in total. The first-order valence-corrected chi connectivity index (χ1v) is 7.96. The molecule has 2 aromatic rings. The smallest absolute Gasteiger partial charge is 0.0101 e. The van der Waals surface area contributed by atoms with Gasteiger partial charge in [-0.2, -0.15) is 0 Å². The predicted octanol–water partition coefficient (Wildman–Crippen LogP) is 4.61. The molecule has 0 fully saturated rings. The van der Waals surface area contributed by atoms with E-state index < -0.39 is 0 Å². The lowest BCUT2D eigenvalue weighted by molar-refractivity contribution is 0.661. The molecule has 112 valence electrons. The van der Waals surface area contributed by atoms with Crippen molar-refractivity contribution in [2.45, 2.75) is 39.5 Å². The number of benzene rings is 2. The lowest BCUT2D eigenvalue weighted by Crippen LogP contribution is -2.13. The van der Waals surface area contributed by atoms with Crippen LogP contribution in [0.25, 0.3) is 0 Å². The molecule has 0 amide bonds. The molecule has 21 heavy (non-hydrogen) atoms. The second-order valence-corrected chi connectivity index (χ2v) is 5.88. The van der Waals surface area contributed by atoms with Crippen molar-refractivity contribution < 1.29 is 0 Å². The van der Waals surface area contributed by atoms with E-state index >= 15 is 0 Å². The van der Waals surface area contributed by atoms with Gasteiger partial charge in [-0.05, 0) is 68.1 Å². The van der Waals surface area contributed by atoms with Gasteiger partial charge in [0.05, 0.1) is 0 Å². The van der Waals surface area contributed by atoms with Crippen molar-refractivity contribution in [1.82, 2.24) is 5.32 Å². The third-order valence-corrected chi connectivity index (χ3v) is 4.41. The number of nitrogens with one attached hydrogen (secondary N) is 1. The van der Waals surface area contributed by atoms with Crippen molar-refractivity contribution in [2.24, 2.45) is 0 Å². The highest BCUT2D eigenvalue weighted by atomic mass is 14.8. The zero-order chi connectivity index (χ0) is 15.2. The van der Waals surface area contributed by atoms with Gasteiger partial charge in [-0.1, -0.05) is 49.4 Å². The third kappa shape index (κ3) is 3.95. The van der Waals surface area contributed by atoms with E-state index in [0.29, 0.717) is 5.92 Å². The molecule has 0 radical (unpaired) electrons. The number of hydrogen-bond acceptors (Lipinski definition) is 1. The molecule has 1 N–H and O–H groups in total. The minimum absolute atomic E-state index is 0.475. The van der Waals surface area contributed by atoms with Crippen LogP contribution in [-0.2, 0) is 6.42 Å². The Morgan fingerprint density at radius 2 is 1.57 bits per heavy atom. The Morgan fingerprint density at radius 1 is 0.905 bits per heavy atom. The minimum atomic E-state index is 0.475. The van der Waals surface area contributed by atoms with Gasteiger partial charge in [0.15, 0.2) is 0 Å². The molecule has 2 rings (SSSR count). The first-order chi connectivity index (χ1) is 10.2. The molecular formula is C20H27N. The second-order valence-electron chi connectivity index (χ2n) is 5.88. The fourth-order valence-corrected chi connectivity index (χ4v) is 2.78.